The molecule has 0 bridgehead atoms. The summed E-state index contributed by atoms with van der Waals surface area (Å²) in [6, 6.07) is 17.7. The lowest BCUT2D eigenvalue weighted by molar-refractivity contribution is 0.0954. The van der Waals surface area contributed by atoms with Crippen LogP contribution in [-0.2, 0) is 0 Å². The van der Waals surface area contributed by atoms with E-state index in [4.69, 9.17) is 0 Å². The topological polar surface area (TPSA) is 41.5 Å². The molecule has 0 fully saturated rings. The lowest BCUT2D eigenvalue weighted by Gasteiger charge is -2.08. The molecule has 0 heterocycles. The van der Waals surface area contributed by atoms with Gasteiger partial charge in [-0.25, -0.2) is 5.43 Å². The molecule has 0 saturated carbocycles. The Hall–Kier alpha value is -2.42. The summed E-state index contributed by atoms with van der Waals surface area (Å²) >= 11 is 0. The minimum absolute atomic E-state index is 0.171. The Labute approximate surface area is 144 Å². The molecule has 0 saturated heterocycles. The number of nitrogens with zero attached hydrogens (tertiary/aromatic N) is 1. The van der Waals surface area contributed by atoms with Crippen LogP contribution in [0.3, 0.4) is 0 Å². The van der Waals surface area contributed by atoms with Crippen molar-refractivity contribution in [2.45, 2.75) is 46.0 Å². The molecular formula is C21H26N2O. The SMILES string of the molecule is CCCCC(=NNC(=O)c1ccc(C(C)C)cc1)c1ccccc1. The minimum Gasteiger partial charge on any atom is -0.267 e. The number of amides is 1. The van der Waals surface area contributed by atoms with Gasteiger partial charge in [-0.3, -0.25) is 4.79 Å². The van der Waals surface area contributed by atoms with Crippen molar-refractivity contribution in [3.05, 3.63) is 71.3 Å². The Morgan fingerprint density at radius 3 is 2.25 bits per heavy atom. The molecule has 0 aromatic heterocycles. The molecule has 0 radical (unpaired) electrons. The molecule has 3 nitrogen and oxygen atoms in total. The molecule has 1 N–H and O–H groups in total. The smallest absolute Gasteiger partial charge is 0.267 e. The Balaban J connectivity index is 2.11. The van der Waals surface area contributed by atoms with Crippen LogP contribution in [0.2, 0.25) is 0 Å². The first-order valence-corrected chi connectivity index (χ1v) is 8.64. The van der Waals surface area contributed by atoms with Gasteiger partial charge in [0.05, 0.1) is 5.71 Å². The molecule has 0 atom stereocenters. The van der Waals surface area contributed by atoms with Gasteiger partial charge < -0.3 is 0 Å². The van der Waals surface area contributed by atoms with E-state index in [2.05, 4.69) is 31.3 Å². The summed E-state index contributed by atoms with van der Waals surface area (Å²) in [6.45, 7) is 6.43. The van der Waals surface area contributed by atoms with Crippen molar-refractivity contribution in [2.24, 2.45) is 5.10 Å². The van der Waals surface area contributed by atoms with Crippen LogP contribution in [0.25, 0.3) is 0 Å². The third-order valence-corrected chi connectivity index (χ3v) is 4.01. The Morgan fingerprint density at radius 2 is 1.67 bits per heavy atom. The van der Waals surface area contributed by atoms with E-state index in [1.165, 1.54) is 5.56 Å². The van der Waals surface area contributed by atoms with Crippen LogP contribution < -0.4 is 5.43 Å². The molecule has 0 unspecified atom stereocenters. The predicted octanol–water partition coefficient (Wildman–Crippen LogP) is 5.13. The van der Waals surface area contributed by atoms with E-state index in [0.29, 0.717) is 11.5 Å². The first-order valence-electron chi connectivity index (χ1n) is 8.64. The van der Waals surface area contributed by atoms with Gasteiger partial charge in [0, 0.05) is 5.56 Å². The number of carbonyl (C=O) groups excluding carboxylic acids is 1. The molecule has 3 heteroatoms. The highest BCUT2D eigenvalue weighted by Crippen LogP contribution is 2.14. The summed E-state index contributed by atoms with van der Waals surface area (Å²) < 4.78 is 0. The number of rotatable bonds is 7. The van der Waals surface area contributed by atoms with Gasteiger partial charge in [-0.15, -0.1) is 0 Å². The summed E-state index contributed by atoms with van der Waals surface area (Å²) in [4.78, 5) is 12.3. The zero-order valence-corrected chi connectivity index (χ0v) is 14.8. The van der Waals surface area contributed by atoms with Gasteiger partial charge in [-0.1, -0.05) is 69.7 Å². The zero-order valence-electron chi connectivity index (χ0n) is 14.8. The maximum absolute atomic E-state index is 12.3. The summed E-state index contributed by atoms with van der Waals surface area (Å²) in [6.07, 6.45) is 3.00. The van der Waals surface area contributed by atoms with Gasteiger partial charge in [0.1, 0.15) is 0 Å². The highest BCUT2D eigenvalue weighted by molar-refractivity contribution is 6.02. The molecule has 0 aliphatic carbocycles. The van der Waals surface area contributed by atoms with Crippen molar-refractivity contribution in [1.82, 2.24) is 5.43 Å². The molecular weight excluding hydrogens is 296 g/mol. The summed E-state index contributed by atoms with van der Waals surface area (Å²) in [5.74, 6) is 0.286. The molecule has 126 valence electrons. The number of nitrogens with one attached hydrogen (secondary N) is 1. The lowest BCUT2D eigenvalue weighted by atomic mass is 10.0. The highest BCUT2D eigenvalue weighted by Gasteiger charge is 2.08. The fraction of sp³-hybridized carbons (Fsp3) is 0.333. The predicted molar refractivity (Wildman–Crippen MR) is 101 cm³/mol. The number of carbonyl (C=O) groups is 1. The number of benzene rings is 2. The van der Waals surface area contributed by atoms with Gasteiger partial charge in [0.25, 0.3) is 5.91 Å². The van der Waals surface area contributed by atoms with E-state index in [1.807, 2.05) is 54.6 Å². The fourth-order valence-corrected chi connectivity index (χ4v) is 2.44. The number of unbranched alkanes of at least 4 members (excludes halogenated alkanes) is 1. The Morgan fingerprint density at radius 1 is 1.00 bits per heavy atom. The van der Waals surface area contributed by atoms with Crippen LogP contribution in [0.1, 0.15) is 67.4 Å². The molecule has 1 amide bonds. The first kappa shape index (κ1) is 17.9. The third kappa shape index (κ3) is 5.05. The van der Waals surface area contributed by atoms with E-state index < -0.39 is 0 Å². The Kier molecular flexibility index (Phi) is 6.74. The molecule has 2 aromatic carbocycles. The largest absolute Gasteiger partial charge is 0.271 e. The van der Waals surface area contributed by atoms with E-state index >= 15 is 0 Å². The monoisotopic (exact) mass is 322 g/mol. The second kappa shape index (κ2) is 9.02. The first-order chi connectivity index (χ1) is 11.6. The third-order valence-electron chi connectivity index (χ3n) is 4.01. The zero-order chi connectivity index (χ0) is 17.4. The minimum atomic E-state index is -0.171. The number of hydrogen-bond donors (Lipinski definition) is 1. The quantitative estimate of drug-likeness (QED) is 0.557. The molecule has 24 heavy (non-hydrogen) atoms. The van der Waals surface area contributed by atoms with Crippen LogP contribution in [0, 0.1) is 0 Å². The van der Waals surface area contributed by atoms with Crippen molar-refractivity contribution >= 4 is 11.6 Å². The van der Waals surface area contributed by atoms with Crippen molar-refractivity contribution < 1.29 is 4.79 Å². The normalized spacial score (nSPS) is 11.6. The van der Waals surface area contributed by atoms with E-state index in [9.17, 15) is 4.79 Å². The molecule has 0 aliphatic rings. The molecule has 2 aromatic rings. The summed E-state index contributed by atoms with van der Waals surface area (Å²) in [5.41, 5.74) is 6.54. The van der Waals surface area contributed by atoms with Gasteiger partial charge in [0.2, 0.25) is 0 Å². The van der Waals surface area contributed by atoms with Gasteiger partial charge >= 0.3 is 0 Å². The second-order valence-corrected chi connectivity index (χ2v) is 6.25. The van der Waals surface area contributed by atoms with Gasteiger partial charge in [0.15, 0.2) is 0 Å². The van der Waals surface area contributed by atoms with Crippen molar-refractivity contribution in [2.75, 3.05) is 0 Å². The average molecular weight is 322 g/mol. The van der Waals surface area contributed by atoms with Crippen molar-refractivity contribution in [1.29, 1.82) is 0 Å². The van der Waals surface area contributed by atoms with Crippen molar-refractivity contribution in [3.63, 3.8) is 0 Å². The maximum atomic E-state index is 12.3. The number of hydrogen-bond acceptors (Lipinski definition) is 2. The van der Waals surface area contributed by atoms with Crippen LogP contribution >= 0.6 is 0 Å². The van der Waals surface area contributed by atoms with Crippen LogP contribution in [0.4, 0.5) is 0 Å². The average Bonchev–Trinajstić information content (AvgIpc) is 2.62. The van der Waals surface area contributed by atoms with Gasteiger partial charge in [-0.2, -0.15) is 5.10 Å². The molecule has 0 aliphatic heterocycles. The van der Waals surface area contributed by atoms with Crippen LogP contribution in [0.15, 0.2) is 59.7 Å². The summed E-state index contributed by atoms with van der Waals surface area (Å²) in [7, 11) is 0. The fourth-order valence-electron chi connectivity index (χ4n) is 2.44. The Bertz CT molecular complexity index is 673. The standard InChI is InChI=1S/C21H26N2O/c1-4-5-11-20(18-9-7-6-8-10-18)22-23-21(24)19-14-12-17(13-15-19)16(2)3/h6-10,12-16H,4-5,11H2,1-3H3,(H,23,24). The van der Waals surface area contributed by atoms with Crippen molar-refractivity contribution in [3.8, 4) is 0 Å². The van der Waals surface area contributed by atoms with E-state index in [0.717, 1.165) is 30.5 Å². The highest BCUT2D eigenvalue weighted by atomic mass is 16.2. The van der Waals surface area contributed by atoms with E-state index in [-0.39, 0.29) is 5.91 Å². The van der Waals surface area contributed by atoms with Crippen LogP contribution in [0.5, 0.6) is 0 Å². The maximum Gasteiger partial charge on any atom is 0.271 e. The summed E-state index contributed by atoms with van der Waals surface area (Å²) in [5, 5.41) is 4.38. The number of hydrazone groups is 1. The van der Waals surface area contributed by atoms with Crippen LogP contribution in [-0.4, -0.2) is 11.6 Å². The molecule has 0 spiro atoms. The van der Waals surface area contributed by atoms with E-state index in [1.54, 1.807) is 0 Å². The second-order valence-electron chi connectivity index (χ2n) is 6.25. The lowest BCUT2D eigenvalue weighted by Crippen LogP contribution is -2.20. The molecule has 2 rings (SSSR count). The van der Waals surface area contributed by atoms with Gasteiger partial charge in [-0.05, 0) is 42.0 Å².